The summed E-state index contributed by atoms with van der Waals surface area (Å²) in [5.41, 5.74) is 0.511. The molecule has 0 spiro atoms. The van der Waals surface area contributed by atoms with Crippen molar-refractivity contribution >= 4 is 0 Å². The summed E-state index contributed by atoms with van der Waals surface area (Å²) in [4.78, 5) is 2.34. The summed E-state index contributed by atoms with van der Waals surface area (Å²) in [5.74, 6) is 1.88. The van der Waals surface area contributed by atoms with Crippen molar-refractivity contribution in [3.63, 3.8) is 0 Å². The lowest BCUT2D eigenvalue weighted by molar-refractivity contribution is 0.158. The van der Waals surface area contributed by atoms with E-state index in [1.165, 1.54) is 25.8 Å². The van der Waals surface area contributed by atoms with Crippen LogP contribution in [0.15, 0.2) is 0 Å². The van der Waals surface area contributed by atoms with E-state index in [1.807, 2.05) is 0 Å². The Balaban J connectivity index is 2.54. The highest BCUT2D eigenvalue weighted by atomic mass is 15.1. The van der Waals surface area contributed by atoms with Gasteiger partial charge in [0.2, 0.25) is 0 Å². The van der Waals surface area contributed by atoms with E-state index in [4.69, 9.17) is 0 Å². The molecule has 1 aliphatic carbocycles. The molecule has 1 nitrogen and oxygen atoms in total. The Morgan fingerprint density at radius 2 is 1.77 bits per heavy atom. The molecular weight excluding hydrogens is 158 g/mol. The van der Waals surface area contributed by atoms with Gasteiger partial charge in [0.1, 0.15) is 0 Å². The highest BCUT2D eigenvalue weighted by Gasteiger charge is 2.35. The van der Waals surface area contributed by atoms with Gasteiger partial charge < -0.3 is 4.90 Å². The number of rotatable bonds is 2. The fraction of sp³-hybridized carbons (Fsp3) is 1.00. The summed E-state index contributed by atoms with van der Waals surface area (Å²) in [6, 6.07) is 0. The summed E-state index contributed by atoms with van der Waals surface area (Å²) >= 11 is 0. The zero-order valence-corrected chi connectivity index (χ0v) is 9.93. The molecule has 0 aromatic heterocycles. The van der Waals surface area contributed by atoms with Crippen LogP contribution in [0.5, 0.6) is 0 Å². The molecule has 0 saturated heterocycles. The minimum atomic E-state index is 0.511. The highest BCUT2D eigenvalue weighted by Crippen LogP contribution is 2.43. The molecule has 0 amide bonds. The van der Waals surface area contributed by atoms with Crippen molar-refractivity contribution in [3.05, 3.63) is 0 Å². The van der Waals surface area contributed by atoms with Gasteiger partial charge in [-0.25, -0.2) is 0 Å². The number of hydrogen-bond acceptors (Lipinski definition) is 1. The molecule has 0 bridgehead atoms. The number of nitrogens with zero attached hydrogens (tertiary/aromatic N) is 1. The van der Waals surface area contributed by atoms with Gasteiger partial charge in [0.25, 0.3) is 0 Å². The van der Waals surface area contributed by atoms with Gasteiger partial charge in [0.05, 0.1) is 0 Å². The molecule has 1 saturated carbocycles. The maximum absolute atomic E-state index is 2.39. The maximum atomic E-state index is 2.39. The molecule has 13 heavy (non-hydrogen) atoms. The molecule has 0 aliphatic heterocycles. The summed E-state index contributed by atoms with van der Waals surface area (Å²) in [5, 5.41) is 0. The first kappa shape index (κ1) is 11.0. The van der Waals surface area contributed by atoms with Gasteiger partial charge in [-0.1, -0.05) is 27.2 Å². The zero-order valence-electron chi connectivity index (χ0n) is 9.93. The second-order valence-electron chi connectivity index (χ2n) is 5.93. The van der Waals surface area contributed by atoms with Gasteiger partial charge in [-0.2, -0.15) is 0 Å². The van der Waals surface area contributed by atoms with Crippen molar-refractivity contribution in [2.45, 2.75) is 40.0 Å². The van der Waals surface area contributed by atoms with Crippen LogP contribution in [0.1, 0.15) is 40.0 Å². The van der Waals surface area contributed by atoms with E-state index in [1.54, 1.807) is 0 Å². The molecule has 0 aromatic carbocycles. The Bertz CT molecular complexity index is 155. The average Bonchev–Trinajstić information content (AvgIpc) is 2.31. The molecule has 78 valence electrons. The predicted molar refractivity (Wildman–Crippen MR) is 58.8 cm³/mol. The van der Waals surface area contributed by atoms with Crippen molar-refractivity contribution < 1.29 is 0 Å². The van der Waals surface area contributed by atoms with E-state index in [0.717, 1.165) is 11.8 Å². The molecule has 0 aromatic rings. The van der Waals surface area contributed by atoms with Gasteiger partial charge in [-0.05, 0) is 44.2 Å². The van der Waals surface area contributed by atoms with E-state index in [0.29, 0.717) is 5.41 Å². The van der Waals surface area contributed by atoms with Crippen LogP contribution in [0.25, 0.3) is 0 Å². The molecule has 1 fully saturated rings. The predicted octanol–water partition coefficient (Wildman–Crippen LogP) is 3.01. The molecule has 0 N–H and O–H groups in total. The van der Waals surface area contributed by atoms with Gasteiger partial charge in [0.15, 0.2) is 0 Å². The smallest absolute Gasteiger partial charge is 0.000641 e. The average molecular weight is 183 g/mol. The zero-order chi connectivity index (χ0) is 10.1. The summed E-state index contributed by atoms with van der Waals surface area (Å²) < 4.78 is 0. The molecule has 1 rings (SSSR count). The van der Waals surface area contributed by atoms with Crippen LogP contribution in [0.2, 0.25) is 0 Å². The van der Waals surface area contributed by atoms with Gasteiger partial charge in [0, 0.05) is 6.54 Å². The topological polar surface area (TPSA) is 3.24 Å². The normalized spacial score (nSPS) is 30.0. The van der Waals surface area contributed by atoms with E-state index < -0.39 is 0 Å². The quantitative estimate of drug-likeness (QED) is 0.636. The van der Waals surface area contributed by atoms with Gasteiger partial charge in [-0.15, -0.1) is 0 Å². The Hall–Kier alpha value is -0.0400. The van der Waals surface area contributed by atoms with Crippen molar-refractivity contribution in [3.8, 4) is 0 Å². The van der Waals surface area contributed by atoms with Crippen molar-refractivity contribution in [1.82, 2.24) is 4.90 Å². The lowest BCUT2D eigenvalue weighted by atomic mass is 9.75. The van der Waals surface area contributed by atoms with E-state index >= 15 is 0 Å². The number of hydrogen-bond donors (Lipinski definition) is 0. The Labute approximate surface area is 83.5 Å². The van der Waals surface area contributed by atoms with Crippen molar-refractivity contribution in [2.24, 2.45) is 17.3 Å². The first-order valence-electron chi connectivity index (χ1n) is 5.56. The molecule has 1 heteroatoms. The monoisotopic (exact) mass is 183 g/mol. The Morgan fingerprint density at radius 1 is 1.15 bits per heavy atom. The molecule has 0 radical (unpaired) electrons. The van der Waals surface area contributed by atoms with Crippen LogP contribution >= 0.6 is 0 Å². The molecule has 2 atom stereocenters. The molecule has 0 heterocycles. The summed E-state index contributed by atoms with van der Waals surface area (Å²) in [6.07, 6.45) is 4.34. The van der Waals surface area contributed by atoms with Crippen LogP contribution < -0.4 is 0 Å². The van der Waals surface area contributed by atoms with E-state index in [9.17, 15) is 0 Å². The standard InChI is InChI=1S/C12H25N/c1-12(2,3)11-8-6-7-10(11)9-13(4)5/h10-11H,6-9H2,1-5H3/t10-,11+/m1/s1. The van der Waals surface area contributed by atoms with E-state index in [-0.39, 0.29) is 0 Å². The van der Waals surface area contributed by atoms with Crippen LogP contribution in [0.3, 0.4) is 0 Å². The molecular formula is C12H25N. The van der Waals surface area contributed by atoms with Crippen molar-refractivity contribution in [2.75, 3.05) is 20.6 Å². The van der Waals surface area contributed by atoms with E-state index in [2.05, 4.69) is 39.8 Å². The molecule has 1 aliphatic rings. The SMILES string of the molecule is CN(C)C[C@H]1CCC[C@@H]1C(C)(C)C. The van der Waals surface area contributed by atoms with Gasteiger partial charge >= 0.3 is 0 Å². The minimum Gasteiger partial charge on any atom is -0.309 e. The third-order valence-electron chi connectivity index (χ3n) is 3.37. The van der Waals surface area contributed by atoms with Crippen molar-refractivity contribution in [1.29, 1.82) is 0 Å². The third kappa shape index (κ3) is 2.98. The maximum Gasteiger partial charge on any atom is 0.000641 e. The van der Waals surface area contributed by atoms with Crippen LogP contribution in [0.4, 0.5) is 0 Å². The first-order chi connectivity index (χ1) is 5.91. The highest BCUT2D eigenvalue weighted by molar-refractivity contribution is 4.86. The minimum absolute atomic E-state index is 0.511. The first-order valence-corrected chi connectivity index (χ1v) is 5.56. The summed E-state index contributed by atoms with van der Waals surface area (Å²) in [7, 11) is 4.38. The van der Waals surface area contributed by atoms with Crippen LogP contribution in [0, 0.1) is 17.3 Å². The second kappa shape index (κ2) is 4.00. The third-order valence-corrected chi connectivity index (χ3v) is 3.37. The van der Waals surface area contributed by atoms with Crippen LogP contribution in [-0.4, -0.2) is 25.5 Å². The Morgan fingerprint density at radius 3 is 2.23 bits per heavy atom. The molecule has 0 unspecified atom stereocenters. The largest absolute Gasteiger partial charge is 0.309 e. The summed E-state index contributed by atoms with van der Waals surface area (Å²) in [6.45, 7) is 8.46. The fourth-order valence-electron chi connectivity index (χ4n) is 2.86. The lowest BCUT2D eigenvalue weighted by Crippen LogP contribution is -2.31. The lowest BCUT2D eigenvalue weighted by Gasteiger charge is -2.33. The Kier molecular flexibility index (Phi) is 3.39. The fourth-order valence-corrected chi connectivity index (χ4v) is 2.86. The van der Waals surface area contributed by atoms with Gasteiger partial charge in [-0.3, -0.25) is 0 Å². The second-order valence-corrected chi connectivity index (χ2v) is 5.93. The van der Waals surface area contributed by atoms with Crippen LogP contribution in [-0.2, 0) is 0 Å².